The highest BCUT2D eigenvalue weighted by atomic mass is 32.1. The molecule has 0 atom stereocenters. The van der Waals surface area contributed by atoms with Crippen LogP contribution in [0.2, 0.25) is 0 Å². The molecule has 2 heterocycles. The minimum Gasteiger partial charge on any atom is -0.461 e. The van der Waals surface area contributed by atoms with Crippen LogP contribution < -0.4 is 0 Å². The molecule has 0 aliphatic heterocycles. The van der Waals surface area contributed by atoms with Crippen molar-refractivity contribution in [3.05, 3.63) is 63.3 Å². The lowest BCUT2D eigenvalue weighted by molar-refractivity contribution is -0.384. The van der Waals surface area contributed by atoms with E-state index in [0.717, 1.165) is 4.88 Å². The molecule has 0 unspecified atom stereocenters. The molecule has 3 rings (SSSR count). The van der Waals surface area contributed by atoms with Gasteiger partial charge in [0.2, 0.25) is 11.7 Å². The van der Waals surface area contributed by atoms with Crippen molar-refractivity contribution in [3.63, 3.8) is 0 Å². The van der Waals surface area contributed by atoms with Gasteiger partial charge in [0.25, 0.3) is 5.69 Å². The number of rotatable bonds is 8. The lowest BCUT2D eigenvalue weighted by atomic mass is 10.2. The molecular weight excluding hydrogens is 358 g/mol. The summed E-state index contributed by atoms with van der Waals surface area (Å²) in [7, 11) is 0. The monoisotopic (exact) mass is 373 g/mol. The number of carbonyl (C=O) groups is 1. The fourth-order valence-corrected chi connectivity index (χ4v) is 2.89. The van der Waals surface area contributed by atoms with E-state index in [4.69, 9.17) is 9.26 Å². The van der Waals surface area contributed by atoms with Crippen LogP contribution in [0.25, 0.3) is 10.7 Å². The third-order valence-corrected chi connectivity index (χ3v) is 4.37. The Balaban J connectivity index is 1.42. The quantitative estimate of drug-likeness (QED) is 0.336. The van der Waals surface area contributed by atoms with Crippen LogP contribution in [0.4, 0.5) is 5.69 Å². The Morgan fingerprint density at radius 3 is 2.96 bits per heavy atom. The van der Waals surface area contributed by atoms with Crippen molar-refractivity contribution in [3.8, 4) is 10.7 Å². The standard InChI is InChI=1S/C17H15N3O5S/c21-16(24-11-12-4-1-5-13(10-12)20(22)23)8-2-7-15-18-17(19-25-15)14-6-3-9-26-14/h1,3-6,9-10H,2,7-8,11H2. The normalized spacial score (nSPS) is 10.6. The third kappa shape index (κ3) is 4.73. The summed E-state index contributed by atoms with van der Waals surface area (Å²) in [5, 5.41) is 16.6. The van der Waals surface area contributed by atoms with E-state index in [0.29, 0.717) is 30.1 Å². The summed E-state index contributed by atoms with van der Waals surface area (Å²) in [5.41, 5.74) is 0.543. The van der Waals surface area contributed by atoms with Gasteiger partial charge >= 0.3 is 5.97 Å². The number of nitro benzene ring substituents is 1. The van der Waals surface area contributed by atoms with E-state index in [-0.39, 0.29) is 24.7 Å². The van der Waals surface area contributed by atoms with Crippen LogP contribution in [0.15, 0.2) is 46.3 Å². The molecule has 0 saturated carbocycles. The molecule has 0 bridgehead atoms. The number of ether oxygens (including phenoxy) is 1. The van der Waals surface area contributed by atoms with Gasteiger partial charge in [-0.2, -0.15) is 4.98 Å². The van der Waals surface area contributed by atoms with Gasteiger partial charge < -0.3 is 9.26 Å². The largest absolute Gasteiger partial charge is 0.461 e. The summed E-state index contributed by atoms with van der Waals surface area (Å²) < 4.78 is 10.3. The van der Waals surface area contributed by atoms with E-state index in [2.05, 4.69) is 10.1 Å². The summed E-state index contributed by atoms with van der Waals surface area (Å²) in [6.45, 7) is 0.00357. The molecule has 134 valence electrons. The fourth-order valence-electron chi connectivity index (χ4n) is 2.24. The molecule has 0 amide bonds. The van der Waals surface area contributed by atoms with Crippen LogP contribution in [-0.2, 0) is 22.6 Å². The SMILES string of the molecule is O=C(CCCc1nc(-c2cccs2)no1)OCc1cccc([N+](=O)[O-])c1. The average Bonchev–Trinajstić information content (AvgIpc) is 3.31. The molecule has 9 heteroatoms. The number of benzene rings is 1. The van der Waals surface area contributed by atoms with E-state index in [1.807, 2.05) is 17.5 Å². The molecule has 0 N–H and O–H groups in total. The van der Waals surface area contributed by atoms with Crippen molar-refractivity contribution in [1.82, 2.24) is 10.1 Å². The second kappa shape index (κ2) is 8.34. The first-order chi connectivity index (χ1) is 12.6. The number of thiophene rings is 1. The Morgan fingerprint density at radius 2 is 2.19 bits per heavy atom. The molecule has 0 aliphatic carbocycles. The minimum atomic E-state index is -0.486. The summed E-state index contributed by atoms with van der Waals surface area (Å²) >= 11 is 1.52. The van der Waals surface area contributed by atoms with Crippen LogP contribution in [0.5, 0.6) is 0 Å². The Hall–Kier alpha value is -3.07. The van der Waals surface area contributed by atoms with Crippen molar-refractivity contribution in [2.75, 3.05) is 0 Å². The van der Waals surface area contributed by atoms with E-state index in [9.17, 15) is 14.9 Å². The first-order valence-corrected chi connectivity index (χ1v) is 8.75. The average molecular weight is 373 g/mol. The number of hydrogen-bond donors (Lipinski definition) is 0. The molecule has 26 heavy (non-hydrogen) atoms. The lowest BCUT2D eigenvalue weighted by Gasteiger charge is -2.04. The van der Waals surface area contributed by atoms with Crippen LogP contribution in [0.3, 0.4) is 0 Å². The number of nitro groups is 1. The second-order valence-corrected chi connectivity index (χ2v) is 6.38. The Kier molecular flexibility index (Phi) is 5.69. The minimum absolute atomic E-state index is 0.00357. The van der Waals surface area contributed by atoms with Crippen molar-refractivity contribution >= 4 is 23.0 Å². The van der Waals surface area contributed by atoms with Crippen molar-refractivity contribution in [2.24, 2.45) is 0 Å². The molecule has 1 aromatic carbocycles. The smallest absolute Gasteiger partial charge is 0.306 e. The highest BCUT2D eigenvalue weighted by Gasteiger charge is 2.11. The van der Waals surface area contributed by atoms with Gasteiger partial charge in [0, 0.05) is 25.0 Å². The van der Waals surface area contributed by atoms with Gasteiger partial charge in [-0.15, -0.1) is 11.3 Å². The van der Waals surface area contributed by atoms with Gasteiger partial charge in [-0.3, -0.25) is 14.9 Å². The first-order valence-electron chi connectivity index (χ1n) is 7.87. The predicted molar refractivity (Wildman–Crippen MR) is 93.4 cm³/mol. The Morgan fingerprint density at radius 1 is 1.31 bits per heavy atom. The third-order valence-electron chi connectivity index (χ3n) is 3.50. The summed E-state index contributed by atoms with van der Waals surface area (Å²) in [6.07, 6.45) is 1.19. The van der Waals surface area contributed by atoms with E-state index in [1.54, 1.807) is 12.1 Å². The Labute approximate surface area is 152 Å². The maximum Gasteiger partial charge on any atom is 0.306 e. The van der Waals surface area contributed by atoms with Gasteiger partial charge in [-0.1, -0.05) is 23.4 Å². The topological polar surface area (TPSA) is 108 Å². The van der Waals surface area contributed by atoms with Gasteiger partial charge in [0.05, 0.1) is 9.80 Å². The maximum atomic E-state index is 11.8. The number of nitrogens with zero attached hydrogens (tertiary/aromatic N) is 3. The molecule has 0 radical (unpaired) electrons. The van der Waals surface area contributed by atoms with Crippen LogP contribution in [0, 0.1) is 10.1 Å². The van der Waals surface area contributed by atoms with Gasteiger partial charge in [0.15, 0.2) is 0 Å². The Bertz CT molecular complexity index is 891. The maximum absolute atomic E-state index is 11.8. The van der Waals surface area contributed by atoms with Crippen LogP contribution in [0.1, 0.15) is 24.3 Å². The zero-order valence-corrected chi connectivity index (χ0v) is 14.5. The number of hydrogen-bond acceptors (Lipinski definition) is 8. The molecule has 8 nitrogen and oxygen atoms in total. The van der Waals surface area contributed by atoms with Crippen molar-refractivity contribution in [2.45, 2.75) is 25.9 Å². The zero-order chi connectivity index (χ0) is 18.4. The van der Waals surface area contributed by atoms with Gasteiger partial charge in [0.1, 0.15) is 6.61 Å². The summed E-state index contributed by atoms with van der Waals surface area (Å²) in [5.74, 6) is 0.637. The van der Waals surface area contributed by atoms with Crippen molar-refractivity contribution in [1.29, 1.82) is 0 Å². The van der Waals surface area contributed by atoms with Gasteiger partial charge in [-0.05, 0) is 23.4 Å². The highest BCUT2D eigenvalue weighted by Crippen LogP contribution is 2.21. The number of carbonyl (C=O) groups excluding carboxylic acids is 1. The van der Waals surface area contributed by atoms with Crippen LogP contribution in [-0.4, -0.2) is 21.0 Å². The summed E-state index contributed by atoms with van der Waals surface area (Å²) in [4.78, 5) is 27.2. The second-order valence-electron chi connectivity index (χ2n) is 5.43. The molecule has 0 fully saturated rings. The first kappa shape index (κ1) is 17.7. The molecule has 0 spiro atoms. The molecule has 2 aromatic heterocycles. The predicted octanol–water partition coefficient (Wildman–Crippen LogP) is 3.77. The van der Waals surface area contributed by atoms with Crippen molar-refractivity contribution < 1.29 is 19.0 Å². The lowest BCUT2D eigenvalue weighted by Crippen LogP contribution is -2.05. The number of esters is 1. The molecular formula is C17H15N3O5S. The van der Waals surface area contributed by atoms with Gasteiger partial charge in [-0.25, -0.2) is 0 Å². The molecule has 3 aromatic rings. The number of aromatic nitrogens is 2. The highest BCUT2D eigenvalue weighted by molar-refractivity contribution is 7.13. The zero-order valence-electron chi connectivity index (χ0n) is 13.7. The van der Waals surface area contributed by atoms with E-state index in [1.165, 1.54) is 23.5 Å². The van der Waals surface area contributed by atoms with E-state index < -0.39 is 4.92 Å². The van der Waals surface area contributed by atoms with E-state index >= 15 is 0 Å². The number of aryl methyl sites for hydroxylation is 1. The number of non-ortho nitro benzene ring substituents is 1. The molecule has 0 saturated heterocycles. The fraction of sp³-hybridized carbons (Fsp3) is 0.235. The molecule has 0 aliphatic rings. The van der Waals surface area contributed by atoms with Crippen LogP contribution >= 0.6 is 11.3 Å². The summed E-state index contributed by atoms with van der Waals surface area (Å²) in [6, 6.07) is 9.82.